The average molecular weight is 308 g/mol. The first kappa shape index (κ1) is 13.1. The quantitative estimate of drug-likeness (QED) is 0.505. The number of benzene rings is 2. The molecule has 0 aliphatic rings. The second-order valence-electron chi connectivity index (χ2n) is 4.95. The van der Waals surface area contributed by atoms with Crippen molar-refractivity contribution in [2.75, 3.05) is 7.11 Å². The Bertz CT molecular complexity index is 1030. The van der Waals surface area contributed by atoms with E-state index in [1.165, 1.54) is 0 Å². The Balaban J connectivity index is 2.10. The van der Waals surface area contributed by atoms with Crippen LogP contribution in [0.2, 0.25) is 0 Å². The van der Waals surface area contributed by atoms with Crippen molar-refractivity contribution < 1.29 is 9.15 Å². The van der Waals surface area contributed by atoms with Crippen LogP contribution in [-0.2, 0) is 0 Å². The molecule has 0 bridgehead atoms. The van der Waals surface area contributed by atoms with E-state index in [2.05, 4.69) is 0 Å². The Hall–Kier alpha value is -2.59. The summed E-state index contributed by atoms with van der Waals surface area (Å²) in [6.45, 7) is 0. The number of thiophene rings is 1. The van der Waals surface area contributed by atoms with Gasteiger partial charge in [0.1, 0.15) is 0 Å². The molecule has 0 unspecified atom stereocenters. The third kappa shape index (κ3) is 1.92. The summed E-state index contributed by atoms with van der Waals surface area (Å²) in [6.07, 6.45) is 0. The Morgan fingerprint density at radius 3 is 2.59 bits per heavy atom. The Morgan fingerprint density at radius 1 is 1.00 bits per heavy atom. The third-order valence-corrected chi connectivity index (χ3v) is 4.87. The summed E-state index contributed by atoms with van der Waals surface area (Å²) in [5, 5.41) is 1.52. The van der Waals surface area contributed by atoms with Gasteiger partial charge >= 0.3 is 5.63 Å². The monoisotopic (exact) mass is 308 g/mol. The SMILES string of the molecule is COc1cccc2c1oc(=O)c1cc(-c3ccccc3)sc12. The van der Waals surface area contributed by atoms with Crippen LogP contribution in [0.3, 0.4) is 0 Å². The molecule has 108 valence electrons. The van der Waals surface area contributed by atoms with Crippen LogP contribution >= 0.6 is 11.3 Å². The van der Waals surface area contributed by atoms with Crippen LogP contribution in [0.4, 0.5) is 0 Å². The number of fused-ring (bicyclic) bond motifs is 3. The Labute approximate surface area is 130 Å². The molecule has 22 heavy (non-hydrogen) atoms. The molecule has 0 atom stereocenters. The van der Waals surface area contributed by atoms with Crippen LogP contribution in [0.5, 0.6) is 5.75 Å². The minimum absolute atomic E-state index is 0.328. The van der Waals surface area contributed by atoms with Gasteiger partial charge < -0.3 is 9.15 Å². The maximum atomic E-state index is 12.3. The fourth-order valence-corrected chi connectivity index (χ4v) is 3.77. The Kier molecular flexibility index (Phi) is 2.98. The molecule has 2 aromatic heterocycles. The fraction of sp³-hybridized carbons (Fsp3) is 0.0556. The van der Waals surface area contributed by atoms with E-state index in [9.17, 15) is 4.79 Å². The third-order valence-electron chi connectivity index (χ3n) is 3.65. The topological polar surface area (TPSA) is 39.4 Å². The molecule has 4 rings (SSSR count). The van der Waals surface area contributed by atoms with Crippen LogP contribution in [0, 0.1) is 0 Å². The van der Waals surface area contributed by atoms with Crippen molar-refractivity contribution in [2.45, 2.75) is 0 Å². The van der Waals surface area contributed by atoms with E-state index in [0.29, 0.717) is 16.7 Å². The maximum absolute atomic E-state index is 12.3. The number of para-hydroxylation sites is 1. The summed E-state index contributed by atoms with van der Waals surface area (Å²) in [5.41, 5.74) is 1.27. The molecular weight excluding hydrogens is 296 g/mol. The predicted octanol–water partition coefficient (Wildman–Crippen LogP) is 4.68. The summed E-state index contributed by atoms with van der Waals surface area (Å²) in [6, 6.07) is 17.6. The number of rotatable bonds is 2. The normalized spacial score (nSPS) is 11.1. The molecule has 4 heteroatoms. The zero-order valence-electron chi connectivity index (χ0n) is 11.8. The standard InChI is InChI=1S/C18H12O3S/c1-20-14-9-5-8-12-16(14)21-18(19)13-10-15(22-17(12)13)11-6-3-2-4-7-11/h2-10H,1H3. The first-order valence-electron chi connectivity index (χ1n) is 6.87. The van der Waals surface area contributed by atoms with Gasteiger partial charge in [0.15, 0.2) is 11.3 Å². The summed E-state index contributed by atoms with van der Waals surface area (Å²) in [5.74, 6) is 0.575. The van der Waals surface area contributed by atoms with Crippen molar-refractivity contribution in [1.29, 1.82) is 0 Å². The van der Waals surface area contributed by atoms with Crippen molar-refractivity contribution in [1.82, 2.24) is 0 Å². The lowest BCUT2D eigenvalue weighted by Gasteiger charge is -2.03. The van der Waals surface area contributed by atoms with Crippen LogP contribution in [0.1, 0.15) is 0 Å². The van der Waals surface area contributed by atoms with E-state index >= 15 is 0 Å². The summed E-state index contributed by atoms with van der Waals surface area (Å²) in [7, 11) is 1.57. The van der Waals surface area contributed by atoms with Gasteiger partial charge in [-0.05, 0) is 23.8 Å². The molecule has 0 spiro atoms. The average Bonchev–Trinajstić information content (AvgIpc) is 3.02. The molecule has 0 N–H and O–H groups in total. The highest BCUT2D eigenvalue weighted by Gasteiger charge is 2.14. The van der Waals surface area contributed by atoms with E-state index in [1.54, 1.807) is 24.5 Å². The highest BCUT2D eigenvalue weighted by atomic mass is 32.1. The molecule has 4 aromatic rings. The first-order valence-corrected chi connectivity index (χ1v) is 7.68. The van der Waals surface area contributed by atoms with E-state index in [1.807, 2.05) is 48.5 Å². The number of hydrogen-bond donors (Lipinski definition) is 0. The molecule has 0 fully saturated rings. The van der Waals surface area contributed by atoms with Gasteiger partial charge in [-0.3, -0.25) is 0 Å². The van der Waals surface area contributed by atoms with E-state index < -0.39 is 0 Å². The van der Waals surface area contributed by atoms with Gasteiger partial charge in [-0.15, -0.1) is 11.3 Å². The number of methoxy groups -OCH3 is 1. The highest BCUT2D eigenvalue weighted by Crippen LogP contribution is 2.38. The van der Waals surface area contributed by atoms with Gasteiger partial charge in [0.2, 0.25) is 0 Å². The smallest absolute Gasteiger partial charge is 0.345 e. The lowest BCUT2D eigenvalue weighted by Crippen LogP contribution is -1.98. The van der Waals surface area contributed by atoms with Crippen LogP contribution in [0.25, 0.3) is 31.5 Å². The fourth-order valence-electron chi connectivity index (χ4n) is 2.60. The summed E-state index contributed by atoms with van der Waals surface area (Å²) >= 11 is 1.60. The molecule has 0 saturated carbocycles. The minimum atomic E-state index is -0.328. The molecular formula is C18H12O3S. The lowest BCUT2D eigenvalue weighted by atomic mass is 10.1. The van der Waals surface area contributed by atoms with E-state index in [4.69, 9.17) is 9.15 Å². The van der Waals surface area contributed by atoms with Gasteiger partial charge in [0, 0.05) is 10.3 Å². The summed E-state index contributed by atoms with van der Waals surface area (Å²) in [4.78, 5) is 13.3. The summed E-state index contributed by atoms with van der Waals surface area (Å²) < 4.78 is 11.7. The molecule has 0 saturated heterocycles. The van der Waals surface area contributed by atoms with Gasteiger partial charge in [0.05, 0.1) is 17.2 Å². The highest BCUT2D eigenvalue weighted by molar-refractivity contribution is 7.23. The molecule has 2 heterocycles. The van der Waals surface area contributed by atoms with Crippen LogP contribution < -0.4 is 10.4 Å². The number of hydrogen-bond acceptors (Lipinski definition) is 4. The second-order valence-corrected chi connectivity index (χ2v) is 6.00. The molecule has 2 aromatic carbocycles. The zero-order chi connectivity index (χ0) is 15.1. The maximum Gasteiger partial charge on any atom is 0.345 e. The lowest BCUT2D eigenvalue weighted by molar-refractivity contribution is 0.407. The van der Waals surface area contributed by atoms with Gasteiger partial charge in [0.25, 0.3) is 0 Å². The second kappa shape index (κ2) is 5.00. The molecule has 0 aliphatic heterocycles. The Morgan fingerprint density at radius 2 is 1.82 bits per heavy atom. The van der Waals surface area contributed by atoms with Crippen molar-refractivity contribution in [2.24, 2.45) is 0 Å². The van der Waals surface area contributed by atoms with Gasteiger partial charge in [-0.25, -0.2) is 4.79 Å². The number of ether oxygens (including phenoxy) is 1. The van der Waals surface area contributed by atoms with Crippen LogP contribution in [-0.4, -0.2) is 7.11 Å². The molecule has 0 radical (unpaired) electrons. The van der Waals surface area contributed by atoms with Crippen molar-refractivity contribution in [3.63, 3.8) is 0 Å². The molecule has 0 amide bonds. The predicted molar refractivity (Wildman–Crippen MR) is 89.9 cm³/mol. The van der Waals surface area contributed by atoms with Gasteiger partial charge in [-0.1, -0.05) is 36.4 Å². The largest absolute Gasteiger partial charge is 0.493 e. The van der Waals surface area contributed by atoms with Crippen molar-refractivity contribution >= 4 is 32.4 Å². The van der Waals surface area contributed by atoms with Gasteiger partial charge in [-0.2, -0.15) is 0 Å². The van der Waals surface area contributed by atoms with E-state index in [-0.39, 0.29) is 5.63 Å². The van der Waals surface area contributed by atoms with Crippen LogP contribution in [0.15, 0.2) is 63.8 Å². The first-order chi connectivity index (χ1) is 10.8. The van der Waals surface area contributed by atoms with Crippen molar-refractivity contribution in [3.05, 3.63) is 65.0 Å². The van der Waals surface area contributed by atoms with E-state index in [0.717, 1.165) is 20.5 Å². The molecule has 3 nitrogen and oxygen atoms in total. The zero-order valence-corrected chi connectivity index (χ0v) is 12.6. The minimum Gasteiger partial charge on any atom is -0.493 e. The molecule has 0 aliphatic carbocycles. The van der Waals surface area contributed by atoms with Crippen molar-refractivity contribution in [3.8, 4) is 16.2 Å².